The van der Waals surface area contributed by atoms with Crippen molar-refractivity contribution in [3.05, 3.63) is 64.5 Å². The fraction of sp³-hybridized carbons (Fsp3) is 0.167. The van der Waals surface area contributed by atoms with Gasteiger partial charge in [0.2, 0.25) is 5.78 Å². The van der Waals surface area contributed by atoms with Crippen molar-refractivity contribution in [1.82, 2.24) is 0 Å². The summed E-state index contributed by atoms with van der Waals surface area (Å²) in [4.78, 5) is 13.6. The van der Waals surface area contributed by atoms with E-state index in [0.717, 1.165) is 39.1 Å². The predicted octanol–water partition coefficient (Wildman–Crippen LogP) is 4.46. The number of carbonyl (C=O) groups excluding carboxylic acids is 1. The van der Waals surface area contributed by atoms with Crippen molar-refractivity contribution < 1.29 is 9.53 Å². The molecular formula is C18H14O2S. The molecule has 1 aliphatic heterocycles. The zero-order chi connectivity index (χ0) is 14.2. The fourth-order valence-electron chi connectivity index (χ4n) is 2.79. The van der Waals surface area contributed by atoms with Crippen molar-refractivity contribution in [3.63, 3.8) is 0 Å². The first-order chi connectivity index (χ1) is 10.3. The molecule has 2 heterocycles. The number of ether oxygens (including phenoxy) is 1. The molecule has 3 aromatic rings. The molecule has 1 aliphatic rings. The van der Waals surface area contributed by atoms with E-state index in [4.69, 9.17) is 4.74 Å². The van der Waals surface area contributed by atoms with Gasteiger partial charge in [0.25, 0.3) is 0 Å². The SMILES string of the molecule is O=C(c1cc2ccccc2s1)c1cccc2c1OCCC2. The maximum atomic E-state index is 12.8. The summed E-state index contributed by atoms with van der Waals surface area (Å²) in [5.74, 6) is 0.848. The van der Waals surface area contributed by atoms with Crippen LogP contribution in [0.1, 0.15) is 27.2 Å². The van der Waals surface area contributed by atoms with Crippen LogP contribution in [0.3, 0.4) is 0 Å². The van der Waals surface area contributed by atoms with Crippen molar-refractivity contribution in [3.8, 4) is 5.75 Å². The monoisotopic (exact) mass is 294 g/mol. The smallest absolute Gasteiger partial charge is 0.206 e. The van der Waals surface area contributed by atoms with E-state index >= 15 is 0 Å². The van der Waals surface area contributed by atoms with Crippen molar-refractivity contribution in [2.45, 2.75) is 12.8 Å². The fourth-order valence-corrected chi connectivity index (χ4v) is 3.81. The maximum Gasteiger partial charge on any atom is 0.206 e. The summed E-state index contributed by atoms with van der Waals surface area (Å²) in [7, 11) is 0. The third-order valence-corrected chi connectivity index (χ3v) is 4.94. The van der Waals surface area contributed by atoms with Gasteiger partial charge in [-0.2, -0.15) is 0 Å². The quantitative estimate of drug-likeness (QED) is 0.652. The van der Waals surface area contributed by atoms with Crippen LogP contribution in [-0.4, -0.2) is 12.4 Å². The predicted molar refractivity (Wildman–Crippen MR) is 85.5 cm³/mol. The molecule has 0 N–H and O–H groups in total. The lowest BCUT2D eigenvalue weighted by atomic mass is 9.99. The number of rotatable bonds is 2. The van der Waals surface area contributed by atoms with Crippen LogP contribution in [0, 0.1) is 0 Å². The molecule has 0 bridgehead atoms. The summed E-state index contributed by atoms with van der Waals surface area (Å²) >= 11 is 1.55. The van der Waals surface area contributed by atoms with Crippen molar-refractivity contribution >= 4 is 27.2 Å². The largest absolute Gasteiger partial charge is 0.493 e. The number of ketones is 1. The number of para-hydroxylation sites is 1. The Hall–Kier alpha value is -2.13. The Bertz CT molecular complexity index is 799. The van der Waals surface area contributed by atoms with Crippen LogP contribution in [0.5, 0.6) is 5.75 Å². The molecule has 0 radical (unpaired) electrons. The first-order valence-corrected chi connectivity index (χ1v) is 7.92. The average molecular weight is 294 g/mol. The summed E-state index contributed by atoms with van der Waals surface area (Å²) in [5, 5.41) is 1.12. The number of fused-ring (bicyclic) bond motifs is 2. The van der Waals surface area contributed by atoms with Gasteiger partial charge >= 0.3 is 0 Å². The standard InChI is InChI=1S/C18H14O2S/c19-17(16-11-13-5-1-2-9-15(13)21-16)14-8-3-6-12-7-4-10-20-18(12)14/h1-3,5-6,8-9,11H,4,7,10H2. The summed E-state index contributed by atoms with van der Waals surface area (Å²) in [6.07, 6.45) is 2.01. The Balaban J connectivity index is 1.81. The van der Waals surface area contributed by atoms with Crippen molar-refractivity contribution in [2.24, 2.45) is 0 Å². The van der Waals surface area contributed by atoms with Crippen LogP contribution >= 0.6 is 11.3 Å². The normalized spacial score (nSPS) is 13.7. The highest BCUT2D eigenvalue weighted by Gasteiger charge is 2.21. The molecule has 2 nitrogen and oxygen atoms in total. The molecule has 0 aliphatic carbocycles. The second-order valence-corrected chi connectivity index (χ2v) is 6.31. The van der Waals surface area contributed by atoms with Crippen LogP contribution in [0.4, 0.5) is 0 Å². The second-order valence-electron chi connectivity index (χ2n) is 5.22. The van der Waals surface area contributed by atoms with Gasteiger partial charge in [-0.15, -0.1) is 11.3 Å². The van der Waals surface area contributed by atoms with E-state index in [1.807, 2.05) is 42.5 Å². The first kappa shape index (κ1) is 12.6. The Morgan fingerprint density at radius 1 is 1.10 bits per heavy atom. The Morgan fingerprint density at radius 3 is 2.90 bits per heavy atom. The summed E-state index contributed by atoms with van der Waals surface area (Å²) in [6.45, 7) is 0.698. The minimum Gasteiger partial charge on any atom is -0.493 e. The molecule has 0 amide bonds. The lowest BCUT2D eigenvalue weighted by Crippen LogP contribution is -2.12. The minimum atomic E-state index is 0.0648. The number of hydrogen-bond donors (Lipinski definition) is 0. The number of benzene rings is 2. The molecule has 0 saturated carbocycles. The third-order valence-electron chi connectivity index (χ3n) is 3.83. The number of carbonyl (C=O) groups is 1. The van der Waals surface area contributed by atoms with E-state index in [0.29, 0.717) is 12.2 Å². The molecule has 2 aromatic carbocycles. The first-order valence-electron chi connectivity index (χ1n) is 7.11. The molecular weight excluding hydrogens is 280 g/mol. The Morgan fingerprint density at radius 2 is 2.00 bits per heavy atom. The van der Waals surface area contributed by atoms with E-state index in [1.54, 1.807) is 11.3 Å². The molecule has 1 aromatic heterocycles. The lowest BCUT2D eigenvalue weighted by molar-refractivity contribution is 0.103. The molecule has 0 saturated heterocycles. The minimum absolute atomic E-state index is 0.0648. The van der Waals surface area contributed by atoms with E-state index in [1.165, 1.54) is 0 Å². The third kappa shape index (κ3) is 2.14. The van der Waals surface area contributed by atoms with E-state index < -0.39 is 0 Å². The van der Waals surface area contributed by atoms with E-state index in [9.17, 15) is 4.79 Å². The van der Waals surface area contributed by atoms with Gasteiger partial charge in [0, 0.05) is 4.70 Å². The van der Waals surface area contributed by atoms with Crippen molar-refractivity contribution in [1.29, 1.82) is 0 Å². The molecule has 21 heavy (non-hydrogen) atoms. The summed E-state index contributed by atoms with van der Waals surface area (Å²) in [6, 6.07) is 15.9. The van der Waals surface area contributed by atoms with Gasteiger partial charge in [-0.1, -0.05) is 30.3 Å². The zero-order valence-corrected chi connectivity index (χ0v) is 12.3. The highest BCUT2D eigenvalue weighted by atomic mass is 32.1. The van der Waals surface area contributed by atoms with Crippen LogP contribution in [0.2, 0.25) is 0 Å². The topological polar surface area (TPSA) is 26.3 Å². The van der Waals surface area contributed by atoms with Crippen LogP contribution in [0.25, 0.3) is 10.1 Å². The molecule has 0 atom stereocenters. The molecule has 4 rings (SSSR count). The van der Waals surface area contributed by atoms with Gasteiger partial charge in [0.05, 0.1) is 17.0 Å². The molecule has 0 unspecified atom stereocenters. The van der Waals surface area contributed by atoms with E-state index in [2.05, 4.69) is 6.07 Å². The second kappa shape index (κ2) is 5.01. The highest BCUT2D eigenvalue weighted by molar-refractivity contribution is 7.21. The van der Waals surface area contributed by atoms with Crippen LogP contribution in [-0.2, 0) is 6.42 Å². The molecule has 0 fully saturated rings. The summed E-state index contributed by atoms with van der Waals surface area (Å²) < 4.78 is 6.90. The van der Waals surface area contributed by atoms with Crippen LogP contribution in [0.15, 0.2) is 48.5 Å². The Labute approximate surface area is 127 Å². The molecule has 3 heteroatoms. The van der Waals surface area contributed by atoms with Crippen molar-refractivity contribution in [2.75, 3.05) is 6.61 Å². The maximum absolute atomic E-state index is 12.8. The van der Waals surface area contributed by atoms with Gasteiger partial charge < -0.3 is 4.74 Å². The average Bonchev–Trinajstić information content (AvgIpc) is 2.97. The zero-order valence-electron chi connectivity index (χ0n) is 11.5. The Kier molecular flexibility index (Phi) is 3.00. The van der Waals surface area contributed by atoms with Gasteiger partial charge in [-0.3, -0.25) is 4.79 Å². The molecule has 0 spiro atoms. The number of aryl methyl sites for hydroxylation is 1. The van der Waals surface area contributed by atoms with Gasteiger partial charge in [0.15, 0.2) is 0 Å². The van der Waals surface area contributed by atoms with E-state index in [-0.39, 0.29) is 5.78 Å². The van der Waals surface area contributed by atoms with Gasteiger partial charge in [0.1, 0.15) is 5.75 Å². The van der Waals surface area contributed by atoms with Gasteiger partial charge in [-0.25, -0.2) is 0 Å². The highest BCUT2D eigenvalue weighted by Crippen LogP contribution is 2.33. The number of hydrogen-bond acceptors (Lipinski definition) is 3. The van der Waals surface area contributed by atoms with Gasteiger partial charge in [-0.05, 0) is 42.0 Å². The van der Waals surface area contributed by atoms with Crippen LogP contribution < -0.4 is 4.74 Å². The molecule has 104 valence electrons. The number of thiophene rings is 1. The summed E-state index contributed by atoms with van der Waals surface area (Å²) in [5.41, 5.74) is 1.84. The lowest BCUT2D eigenvalue weighted by Gasteiger charge is -2.19.